The van der Waals surface area contributed by atoms with Gasteiger partial charge >= 0.3 is 0 Å². The molecule has 0 atom stereocenters. The summed E-state index contributed by atoms with van der Waals surface area (Å²) in [4.78, 5) is 16.4. The van der Waals surface area contributed by atoms with Crippen molar-refractivity contribution >= 4 is 35.0 Å². The molecule has 0 saturated carbocycles. The largest absolute Gasteiger partial charge is 0.272 e. The average molecular weight is 477 g/mol. The van der Waals surface area contributed by atoms with Crippen LogP contribution >= 0.6 is 23.4 Å². The number of nitrogens with one attached hydrogen (secondary N) is 1. The van der Waals surface area contributed by atoms with Crippen LogP contribution in [0.4, 0.5) is 0 Å². The Kier molecular flexibility index (Phi) is 7.16. The van der Waals surface area contributed by atoms with Gasteiger partial charge in [-0.25, -0.2) is 5.43 Å². The van der Waals surface area contributed by atoms with E-state index in [1.165, 1.54) is 11.8 Å². The summed E-state index contributed by atoms with van der Waals surface area (Å²) in [5, 5.41) is 14.2. The Morgan fingerprint density at radius 1 is 1.03 bits per heavy atom. The fourth-order valence-electron chi connectivity index (χ4n) is 3.04. The van der Waals surface area contributed by atoms with Crippen LogP contribution in [0.2, 0.25) is 5.02 Å². The first kappa shape index (κ1) is 22.7. The predicted molar refractivity (Wildman–Crippen MR) is 132 cm³/mol. The third-order valence-electron chi connectivity index (χ3n) is 4.81. The first-order valence-electron chi connectivity index (χ1n) is 10.2. The molecule has 0 fully saturated rings. The van der Waals surface area contributed by atoms with E-state index >= 15 is 0 Å². The summed E-state index contributed by atoms with van der Waals surface area (Å²) in [6.07, 6.45) is 3.36. The van der Waals surface area contributed by atoms with Gasteiger partial charge in [0.05, 0.1) is 11.5 Å². The van der Waals surface area contributed by atoms with Gasteiger partial charge in [0.1, 0.15) is 0 Å². The fourth-order valence-corrected chi connectivity index (χ4v) is 3.91. The van der Waals surface area contributed by atoms with E-state index in [9.17, 15) is 4.79 Å². The number of hydrogen-bond acceptors (Lipinski definition) is 6. The molecular weight excluding hydrogens is 456 g/mol. The van der Waals surface area contributed by atoms with E-state index in [1.807, 2.05) is 79.1 Å². The molecule has 0 aliphatic heterocycles. The lowest BCUT2D eigenvalue weighted by molar-refractivity contribution is -0.118. The summed E-state index contributed by atoms with van der Waals surface area (Å²) < 4.78 is 1.92. The molecule has 4 rings (SSSR count). The van der Waals surface area contributed by atoms with E-state index in [0.717, 1.165) is 22.4 Å². The van der Waals surface area contributed by atoms with Gasteiger partial charge in [-0.05, 0) is 50.2 Å². The van der Waals surface area contributed by atoms with Gasteiger partial charge in [0.15, 0.2) is 11.0 Å². The second-order valence-corrected chi connectivity index (χ2v) is 8.62. The number of aryl methyl sites for hydroxylation is 1. The number of hydrazone groups is 1. The number of carbonyl (C=O) groups excluding carboxylic acids is 1. The van der Waals surface area contributed by atoms with Crippen molar-refractivity contribution < 1.29 is 4.79 Å². The van der Waals surface area contributed by atoms with E-state index < -0.39 is 0 Å². The van der Waals surface area contributed by atoms with E-state index in [-0.39, 0.29) is 11.7 Å². The normalized spacial score (nSPS) is 11.4. The molecule has 0 aliphatic rings. The average Bonchev–Trinajstić information content (AvgIpc) is 3.26. The van der Waals surface area contributed by atoms with Crippen LogP contribution in [0.15, 0.2) is 83.3 Å². The second-order valence-electron chi connectivity index (χ2n) is 7.24. The highest BCUT2D eigenvalue weighted by atomic mass is 35.5. The SMILES string of the molecule is CC(=NNC(=O)CSc1nnc(-c2ccc(C)cc2)n1-c1ccc(Cl)cc1)c1ccncc1. The molecule has 7 nitrogen and oxygen atoms in total. The zero-order valence-electron chi connectivity index (χ0n) is 18.1. The van der Waals surface area contributed by atoms with Gasteiger partial charge in [0.25, 0.3) is 5.91 Å². The molecule has 0 aliphatic carbocycles. The molecular formula is C24H21ClN6OS. The molecule has 1 amide bonds. The van der Waals surface area contributed by atoms with Crippen molar-refractivity contribution in [2.24, 2.45) is 5.10 Å². The summed E-state index contributed by atoms with van der Waals surface area (Å²) in [5.41, 5.74) is 7.12. The maximum absolute atomic E-state index is 12.4. The van der Waals surface area contributed by atoms with Crippen molar-refractivity contribution in [3.8, 4) is 17.1 Å². The quantitative estimate of drug-likeness (QED) is 0.232. The molecule has 2 aromatic carbocycles. The second kappa shape index (κ2) is 10.4. The number of aromatic nitrogens is 4. The number of halogens is 1. The lowest BCUT2D eigenvalue weighted by Crippen LogP contribution is -2.21. The Morgan fingerprint density at radius 2 is 1.73 bits per heavy atom. The van der Waals surface area contributed by atoms with Crippen molar-refractivity contribution in [3.05, 3.63) is 89.2 Å². The Morgan fingerprint density at radius 3 is 2.42 bits per heavy atom. The Labute approximate surface area is 200 Å². The summed E-state index contributed by atoms with van der Waals surface area (Å²) in [7, 11) is 0. The molecule has 1 N–H and O–H groups in total. The maximum Gasteiger partial charge on any atom is 0.250 e. The van der Waals surface area contributed by atoms with Gasteiger partial charge in [-0.1, -0.05) is 53.2 Å². The van der Waals surface area contributed by atoms with Crippen molar-refractivity contribution in [2.45, 2.75) is 19.0 Å². The fraction of sp³-hybridized carbons (Fsp3) is 0.125. The van der Waals surface area contributed by atoms with E-state index in [4.69, 9.17) is 11.6 Å². The van der Waals surface area contributed by atoms with Crippen LogP contribution in [0.25, 0.3) is 17.1 Å². The molecule has 0 unspecified atom stereocenters. The number of benzene rings is 2. The van der Waals surface area contributed by atoms with Crippen LogP contribution < -0.4 is 5.43 Å². The number of pyridine rings is 1. The minimum atomic E-state index is -0.240. The van der Waals surface area contributed by atoms with Crippen LogP contribution in [0.5, 0.6) is 0 Å². The highest BCUT2D eigenvalue weighted by molar-refractivity contribution is 7.99. The van der Waals surface area contributed by atoms with Crippen molar-refractivity contribution in [1.82, 2.24) is 25.2 Å². The Bertz CT molecular complexity index is 1270. The van der Waals surface area contributed by atoms with Crippen LogP contribution in [0, 0.1) is 6.92 Å². The molecule has 9 heteroatoms. The third-order valence-corrected chi connectivity index (χ3v) is 5.99. The van der Waals surface area contributed by atoms with Crippen LogP contribution in [0.1, 0.15) is 18.1 Å². The van der Waals surface area contributed by atoms with Crippen LogP contribution in [0.3, 0.4) is 0 Å². The topological polar surface area (TPSA) is 85.1 Å². The lowest BCUT2D eigenvalue weighted by atomic mass is 10.1. The van der Waals surface area contributed by atoms with E-state index in [1.54, 1.807) is 12.4 Å². The van der Waals surface area contributed by atoms with Gasteiger partial charge in [-0.15, -0.1) is 10.2 Å². The molecule has 0 saturated heterocycles. The molecule has 166 valence electrons. The minimum Gasteiger partial charge on any atom is -0.272 e. The lowest BCUT2D eigenvalue weighted by Gasteiger charge is -2.10. The van der Waals surface area contributed by atoms with Crippen molar-refractivity contribution in [3.63, 3.8) is 0 Å². The van der Waals surface area contributed by atoms with Crippen LogP contribution in [-0.2, 0) is 4.79 Å². The number of thioether (sulfide) groups is 1. The molecule has 33 heavy (non-hydrogen) atoms. The van der Waals surface area contributed by atoms with Gasteiger partial charge in [0, 0.05) is 34.2 Å². The van der Waals surface area contributed by atoms with Crippen molar-refractivity contribution in [1.29, 1.82) is 0 Å². The van der Waals surface area contributed by atoms with Crippen molar-refractivity contribution in [2.75, 3.05) is 5.75 Å². The monoisotopic (exact) mass is 476 g/mol. The van der Waals surface area contributed by atoms with E-state index in [0.29, 0.717) is 21.7 Å². The minimum absolute atomic E-state index is 0.132. The molecule has 0 spiro atoms. The summed E-state index contributed by atoms with van der Waals surface area (Å²) in [5.74, 6) is 0.579. The zero-order chi connectivity index (χ0) is 23.2. The van der Waals surface area contributed by atoms with Crippen LogP contribution in [-0.4, -0.2) is 37.1 Å². The summed E-state index contributed by atoms with van der Waals surface area (Å²) >= 11 is 7.37. The molecule has 2 aromatic heterocycles. The smallest absolute Gasteiger partial charge is 0.250 e. The summed E-state index contributed by atoms with van der Waals surface area (Å²) in [6.45, 7) is 3.86. The number of hydrogen-bond donors (Lipinski definition) is 1. The van der Waals surface area contributed by atoms with E-state index in [2.05, 4.69) is 25.7 Å². The van der Waals surface area contributed by atoms with Gasteiger partial charge in [0.2, 0.25) is 0 Å². The highest BCUT2D eigenvalue weighted by Crippen LogP contribution is 2.28. The Balaban J connectivity index is 1.54. The highest BCUT2D eigenvalue weighted by Gasteiger charge is 2.17. The summed E-state index contributed by atoms with van der Waals surface area (Å²) in [6, 6.07) is 19.2. The van der Waals surface area contributed by atoms with Gasteiger partial charge < -0.3 is 0 Å². The van der Waals surface area contributed by atoms with Gasteiger partial charge in [-0.2, -0.15) is 5.10 Å². The third kappa shape index (κ3) is 5.66. The first-order chi connectivity index (χ1) is 16.0. The molecule has 0 bridgehead atoms. The molecule has 4 aromatic rings. The molecule has 0 radical (unpaired) electrons. The zero-order valence-corrected chi connectivity index (χ0v) is 19.6. The number of amides is 1. The number of rotatable bonds is 7. The molecule has 2 heterocycles. The standard InChI is InChI=1S/C24H21ClN6OS/c1-16-3-5-19(6-4-16)23-29-30-24(31(23)21-9-7-20(25)8-10-21)33-15-22(32)28-27-17(2)18-11-13-26-14-12-18/h3-14H,15H2,1-2H3,(H,28,32). The van der Waals surface area contributed by atoms with Gasteiger partial charge in [-0.3, -0.25) is 14.3 Å². The number of nitrogens with zero attached hydrogens (tertiary/aromatic N) is 5. The maximum atomic E-state index is 12.4. The predicted octanol–water partition coefficient (Wildman–Crippen LogP) is 4.92. The first-order valence-corrected chi connectivity index (χ1v) is 11.5. The number of carbonyl (C=O) groups is 1. The Hall–Kier alpha value is -3.49.